The minimum absolute atomic E-state index is 0.0146. The van der Waals surface area contributed by atoms with Crippen molar-refractivity contribution in [2.75, 3.05) is 0 Å². The third-order valence-electron chi connectivity index (χ3n) is 15.1. The Hall–Kier alpha value is -6.07. The molecule has 9 aromatic rings. The van der Waals surface area contributed by atoms with E-state index >= 15 is 0 Å². The molecule has 2 atom stereocenters. The number of rotatable bonds is 5. The molecule has 2 unspecified atom stereocenters. The Morgan fingerprint density at radius 3 is 1.78 bits per heavy atom. The van der Waals surface area contributed by atoms with E-state index in [1.807, 2.05) is 12.1 Å². The van der Waals surface area contributed by atoms with Crippen molar-refractivity contribution in [2.45, 2.75) is 118 Å². The van der Waals surface area contributed by atoms with Crippen LogP contribution in [-0.2, 0) is 16.2 Å². The van der Waals surface area contributed by atoms with Gasteiger partial charge in [0.05, 0.1) is 11.1 Å². The number of fused-ring (bicyclic) bond motifs is 8. The van der Waals surface area contributed by atoms with Gasteiger partial charge in [-0.2, -0.15) is 0 Å². The maximum atomic E-state index is 6.83. The molecule has 6 aromatic carbocycles. The summed E-state index contributed by atoms with van der Waals surface area (Å²) in [7, 11) is 0. The molecule has 11 rings (SSSR count). The van der Waals surface area contributed by atoms with Crippen LogP contribution in [0, 0.1) is 31.6 Å². The minimum Gasteiger partial charge on any atom is -0.455 e. The van der Waals surface area contributed by atoms with Crippen molar-refractivity contribution in [2.24, 2.45) is 17.8 Å². The van der Waals surface area contributed by atoms with Gasteiger partial charge in [-0.05, 0) is 161 Å². The fraction of sp³-hybridized carbons (Fsp3) is 0.350. The second kappa shape index (κ2) is 15.0. The van der Waals surface area contributed by atoms with Crippen LogP contribution in [0.2, 0.25) is 0 Å². The van der Waals surface area contributed by atoms with Gasteiger partial charge in [0.1, 0.15) is 22.3 Å². The van der Waals surface area contributed by atoms with E-state index < -0.39 is 0 Å². The summed E-state index contributed by atoms with van der Waals surface area (Å²) >= 11 is 0. The Bertz CT molecular complexity index is 3330. The van der Waals surface area contributed by atoms with E-state index in [-0.39, 0.29) is 10.8 Å². The van der Waals surface area contributed by atoms with Gasteiger partial charge in [0.15, 0.2) is 17.5 Å². The Labute approximate surface area is 383 Å². The standard InChI is InChI=1S/C60H61N3O2/c1-34-24-38-25-35(2)32-60(31-34,33-38)41-19-22-44(37(4)27-41)43-21-18-39(26-36(43)3)55-61-56(47-16-13-15-46-45-14-11-12-17-51(45)64-53(46)47)63-57(62-55)50-30-42(59(8,9)10)29-49-48-28-40(58(5,6)7)20-23-52(48)65-54(49)50/h11-23,26-30,34-35,38H,24-25,31-33H2,1-10H3. The number of aromatic nitrogens is 3. The molecular formula is C60H61N3O2. The summed E-state index contributed by atoms with van der Waals surface area (Å²) in [6, 6.07) is 39.6. The predicted octanol–water partition coefficient (Wildman–Crippen LogP) is 16.7. The average molecular weight is 856 g/mol. The summed E-state index contributed by atoms with van der Waals surface area (Å²) in [5.74, 6) is 4.15. The highest BCUT2D eigenvalue weighted by atomic mass is 16.3. The lowest BCUT2D eigenvalue weighted by Gasteiger charge is -2.50. The predicted molar refractivity (Wildman–Crippen MR) is 270 cm³/mol. The molecule has 5 heteroatoms. The Morgan fingerprint density at radius 1 is 0.492 bits per heavy atom. The summed E-state index contributed by atoms with van der Waals surface area (Å²) in [6.45, 7) is 23.0. The van der Waals surface area contributed by atoms with Crippen molar-refractivity contribution in [1.82, 2.24) is 15.0 Å². The van der Waals surface area contributed by atoms with Gasteiger partial charge in [0, 0.05) is 27.1 Å². The first-order chi connectivity index (χ1) is 31.0. The highest BCUT2D eigenvalue weighted by Gasteiger charge is 2.45. The molecule has 0 N–H and O–H groups in total. The van der Waals surface area contributed by atoms with E-state index in [1.54, 1.807) is 5.56 Å². The van der Waals surface area contributed by atoms with Crippen molar-refractivity contribution in [3.63, 3.8) is 0 Å². The summed E-state index contributed by atoms with van der Waals surface area (Å²) in [5, 5.41) is 4.26. The number of hydrogen-bond donors (Lipinski definition) is 0. The van der Waals surface area contributed by atoms with Gasteiger partial charge in [0.2, 0.25) is 0 Å². The number of aryl methyl sites for hydroxylation is 2. The first-order valence-electron chi connectivity index (χ1n) is 23.9. The van der Waals surface area contributed by atoms with E-state index in [2.05, 4.69) is 166 Å². The van der Waals surface area contributed by atoms with Gasteiger partial charge in [-0.3, -0.25) is 0 Å². The minimum atomic E-state index is -0.151. The molecule has 5 nitrogen and oxygen atoms in total. The van der Waals surface area contributed by atoms with Gasteiger partial charge in [-0.1, -0.05) is 122 Å². The number of para-hydroxylation sites is 2. The molecule has 0 radical (unpaired) electrons. The summed E-state index contributed by atoms with van der Waals surface area (Å²) in [5.41, 5.74) is 15.0. The van der Waals surface area contributed by atoms with Crippen molar-refractivity contribution in [3.8, 4) is 45.3 Å². The second-order valence-corrected chi connectivity index (χ2v) is 22.3. The summed E-state index contributed by atoms with van der Waals surface area (Å²) in [6.07, 6.45) is 6.74. The number of hydrogen-bond acceptors (Lipinski definition) is 5. The molecule has 0 spiro atoms. The van der Waals surface area contributed by atoms with E-state index in [0.29, 0.717) is 22.9 Å². The van der Waals surface area contributed by atoms with Crippen molar-refractivity contribution >= 4 is 43.9 Å². The highest BCUT2D eigenvalue weighted by Crippen LogP contribution is 2.54. The second-order valence-electron chi connectivity index (χ2n) is 22.3. The van der Waals surface area contributed by atoms with Gasteiger partial charge in [0.25, 0.3) is 0 Å². The number of nitrogens with zero attached hydrogens (tertiary/aromatic N) is 3. The van der Waals surface area contributed by atoms with Crippen LogP contribution in [0.3, 0.4) is 0 Å². The third-order valence-corrected chi connectivity index (χ3v) is 15.1. The smallest absolute Gasteiger partial charge is 0.167 e. The van der Waals surface area contributed by atoms with Crippen LogP contribution >= 0.6 is 0 Å². The molecule has 0 aliphatic heterocycles. The van der Waals surface area contributed by atoms with Crippen molar-refractivity contribution in [3.05, 3.63) is 137 Å². The molecule has 3 heterocycles. The van der Waals surface area contributed by atoms with Crippen LogP contribution < -0.4 is 0 Å². The van der Waals surface area contributed by atoms with Crippen LogP contribution in [0.15, 0.2) is 118 Å². The highest BCUT2D eigenvalue weighted by molar-refractivity contribution is 6.11. The van der Waals surface area contributed by atoms with Crippen LogP contribution in [0.4, 0.5) is 0 Å². The third kappa shape index (κ3) is 7.17. The fourth-order valence-electron chi connectivity index (χ4n) is 12.1. The van der Waals surface area contributed by atoms with E-state index in [9.17, 15) is 0 Å². The van der Waals surface area contributed by atoms with Crippen LogP contribution in [0.5, 0.6) is 0 Å². The van der Waals surface area contributed by atoms with E-state index in [0.717, 1.165) is 78.3 Å². The largest absolute Gasteiger partial charge is 0.455 e. The molecule has 2 saturated carbocycles. The monoisotopic (exact) mass is 855 g/mol. The first-order valence-corrected chi connectivity index (χ1v) is 23.9. The maximum absolute atomic E-state index is 6.83. The van der Waals surface area contributed by atoms with Gasteiger partial charge in [-0.25, -0.2) is 15.0 Å². The number of benzene rings is 6. The average Bonchev–Trinajstić information content (AvgIpc) is 3.83. The van der Waals surface area contributed by atoms with E-state index in [4.69, 9.17) is 23.8 Å². The molecule has 2 bridgehead atoms. The molecule has 65 heavy (non-hydrogen) atoms. The summed E-state index contributed by atoms with van der Waals surface area (Å²) < 4.78 is 13.4. The van der Waals surface area contributed by atoms with Crippen molar-refractivity contribution in [1.29, 1.82) is 0 Å². The molecule has 3 aromatic heterocycles. The quantitative estimate of drug-likeness (QED) is 0.173. The molecule has 2 fully saturated rings. The molecule has 2 aliphatic rings. The van der Waals surface area contributed by atoms with Crippen LogP contribution in [-0.4, -0.2) is 15.0 Å². The molecule has 328 valence electrons. The van der Waals surface area contributed by atoms with Gasteiger partial charge >= 0.3 is 0 Å². The van der Waals surface area contributed by atoms with Gasteiger partial charge in [-0.15, -0.1) is 0 Å². The zero-order chi connectivity index (χ0) is 45.2. The van der Waals surface area contributed by atoms with Crippen LogP contribution in [0.25, 0.3) is 89.2 Å². The SMILES string of the molecule is Cc1cc(-c2nc(-c3cccc4c3oc3ccccc34)nc(-c3cc(C(C)(C)C)cc4c3oc3ccc(C(C)(C)C)cc34)n2)ccc1-c1ccc(C23CC(C)CC(CC(C)C2)C3)cc1C. The molecule has 0 amide bonds. The lowest BCUT2D eigenvalue weighted by Crippen LogP contribution is -2.42. The Morgan fingerprint density at radius 2 is 1.09 bits per heavy atom. The Kier molecular flexibility index (Phi) is 9.60. The zero-order valence-electron chi connectivity index (χ0n) is 39.8. The lowest BCUT2D eigenvalue weighted by atomic mass is 9.54. The molecular weight excluding hydrogens is 795 g/mol. The fourth-order valence-corrected chi connectivity index (χ4v) is 12.1. The normalized spacial score (nSPS) is 20.4. The maximum Gasteiger partial charge on any atom is 0.167 e. The Balaban J connectivity index is 1.08. The van der Waals surface area contributed by atoms with Crippen LogP contribution in [0.1, 0.15) is 115 Å². The van der Waals surface area contributed by atoms with Gasteiger partial charge < -0.3 is 8.83 Å². The molecule has 0 saturated heterocycles. The summed E-state index contributed by atoms with van der Waals surface area (Å²) in [4.78, 5) is 16.0. The lowest BCUT2D eigenvalue weighted by molar-refractivity contribution is 0.0780. The van der Waals surface area contributed by atoms with Crippen molar-refractivity contribution < 1.29 is 8.83 Å². The number of furan rings is 2. The topological polar surface area (TPSA) is 65.0 Å². The zero-order valence-corrected chi connectivity index (χ0v) is 39.8. The first kappa shape index (κ1) is 41.6. The van der Waals surface area contributed by atoms with E-state index in [1.165, 1.54) is 65.5 Å². The molecule has 2 aliphatic carbocycles.